The molecule has 2 aromatic heterocycles. The van der Waals surface area contributed by atoms with Crippen LogP contribution in [0, 0.1) is 0 Å². The van der Waals surface area contributed by atoms with Gasteiger partial charge in [0.2, 0.25) is 0 Å². The monoisotopic (exact) mass is 202 g/mol. The zero-order valence-corrected chi connectivity index (χ0v) is 8.88. The molecule has 0 radical (unpaired) electrons. The smallest absolute Gasteiger partial charge is 0.0779 e. The molecule has 2 aromatic rings. The SMILES string of the molecule is CNC(c1cnn(C)c1)c1ccccn1. The van der Waals surface area contributed by atoms with Crippen LogP contribution >= 0.6 is 0 Å². The van der Waals surface area contributed by atoms with Crippen LogP contribution in [0.4, 0.5) is 0 Å². The highest BCUT2D eigenvalue weighted by Crippen LogP contribution is 2.18. The van der Waals surface area contributed by atoms with Crippen LogP contribution in [0.1, 0.15) is 17.3 Å². The topological polar surface area (TPSA) is 42.7 Å². The first-order valence-corrected chi connectivity index (χ1v) is 4.88. The molecule has 0 spiro atoms. The Labute approximate surface area is 89.0 Å². The zero-order chi connectivity index (χ0) is 10.7. The molecule has 2 rings (SSSR count). The molecule has 0 aromatic carbocycles. The average Bonchev–Trinajstić information content (AvgIpc) is 2.68. The molecule has 0 aliphatic rings. The zero-order valence-electron chi connectivity index (χ0n) is 8.88. The van der Waals surface area contributed by atoms with Crippen molar-refractivity contribution in [2.75, 3.05) is 7.05 Å². The van der Waals surface area contributed by atoms with Crippen molar-refractivity contribution in [1.82, 2.24) is 20.1 Å². The van der Waals surface area contributed by atoms with E-state index < -0.39 is 0 Å². The van der Waals surface area contributed by atoms with E-state index in [-0.39, 0.29) is 6.04 Å². The van der Waals surface area contributed by atoms with Crippen molar-refractivity contribution in [2.24, 2.45) is 7.05 Å². The summed E-state index contributed by atoms with van der Waals surface area (Å²) >= 11 is 0. The molecule has 15 heavy (non-hydrogen) atoms. The van der Waals surface area contributed by atoms with Crippen LogP contribution in [0.15, 0.2) is 36.8 Å². The van der Waals surface area contributed by atoms with Gasteiger partial charge in [0.25, 0.3) is 0 Å². The number of nitrogens with zero attached hydrogens (tertiary/aromatic N) is 3. The van der Waals surface area contributed by atoms with Gasteiger partial charge in [0.1, 0.15) is 0 Å². The largest absolute Gasteiger partial charge is 0.308 e. The molecule has 2 heterocycles. The summed E-state index contributed by atoms with van der Waals surface area (Å²) < 4.78 is 1.79. The van der Waals surface area contributed by atoms with Crippen LogP contribution in [-0.4, -0.2) is 21.8 Å². The van der Waals surface area contributed by atoms with Crippen molar-refractivity contribution in [3.63, 3.8) is 0 Å². The van der Waals surface area contributed by atoms with Gasteiger partial charge in [0.05, 0.1) is 17.9 Å². The second-order valence-corrected chi connectivity index (χ2v) is 3.42. The van der Waals surface area contributed by atoms with Gasteiger partial charge in [0.15, 0.2) is 0 Å². The summed E-state index contributed by atoms with van der Waals surface area (Å²) in [6, 6.07) is 6.02. The Balaban J connectivity index is 2.33. The third kappa shape index (κ3) is 2.05. The molecule has 0 aliphatic heterocycles. The number of rotatable bonds is 3. The van der Waals surface area contributed by atoms with Crippen LogP contribution in [0.5, 0.6) is 0 Å². The molecule has 4 nitrogen and oxygen atoms in total. The molecule has 4 heteroatoms. The number of hydrogen-bond acceptors (Lipinski definition) is 3. The summed E-state index contributed by atoms with van der Waals surface area (Å²) in [5.74, 6) is 0. The highest BCUT2D eigenvalue weighted by atomic mass is 15.2. The Morgan fingerprint density at radius 2 is 2.27 bits per heavy atom. The van der Waals surface area contributed by atoms with Gasteiger partial charge in [0, 0.05) is 25.0 Å². The minimum Gasteiger partial charge on any atom is -0.308 e. The lowest BCUT2D eigenvalue weighted by molar-refractivity contribution is 0.669. The maximum absolute atomic E-state index is 4.34. The van der Waals surface area contributed by atoms with Gasteiger partial charge in [-0.2, -0.15) is 5.10 Å². The average molecular weight is 202 g/mol. The summed E-state index contributed by atoms with van der Waals surface area (Å²) in [6.45, 7) is 0. The van der Waals surface area contributed by atoms with Gasteiger partial charge in [-0.15, -0.1) is 0 Å². The Morgan fingerprint density at radius 3 is 2.80 bits per heavy atom. The van der Waals surface area contributed by atoms with E-state index >= 15 is 0 Å². The summed E-state index contributed by atoms with van der Waals surface area (Å²) in [4.78, 5) is 4.34. The first kappa shape index (κ1) is 9.86. The maximum Gasteiger partial charge on any atom is 0.0779 e. The Bertz CT molecular complexity index is 421. The van der Waals surface area contributed by atoms with E-state index in [9.17, 15) is 0 Å². The molecule has 0 bridgehead atoms. The third-order valence-electron chi connectivity index (χ3n) is 2.33. The molecular formula is C11H14N4. The molecule has 1 atom stereocenters. The number of aromatic nitrogens is 3. The summed E-state index contributed by atoms with van der Waals surface area (Å²) in [5.41, 5.74) is 2.13. The van der Waals surface area contributed by atoms with Gasteiger partial charge < -0.3 is 5.32 Å². The normalized spacial score (nSPS) is 12.7. The van der Waals surface area contributed by atoms with Crippen molar-refractivity contribution in [3.8, 4) is 0 Å². The fourth-order valence-corrected chi connectivity index (χ4v) is 1.62. The molecule has 0 aliphatic carbocycles. The molecule has 0 amide bonds. The van der Waals surface area contributed by atoms with Crippen LogP contribution in [0.3, 0.4) is 0 Å². The van der Waals surface area contributed by atoms with E-state index in [1.165, 1.54) is 0 Å². The van der Waals surface area contributed by atoms with Gasteiger partial charge in [-0.25, -0.2) is 0 Å². The lowest BCUT2D eigenvalue weighted by Gasteiger charge is -2.13. The molecular weight excluding hydrogens is 188 g/mol. The van der Waals surface area contributed by atoms with E-state index in [2.05, 4.69) is 15.4 Å². The fourth-order valence-electron chi connectivity index (χ4n) is 1.62. The molecule has 0 saturated carbocycles. The van der Waals surface area contributed by atoms with E-state index in [1.807, 2.05) is 44.7 Å². The van der Waals surface area contributed by atoms with E-state index in [0.29, 0.717) is 0 Å². The maximum atomic E-state index is 4.34. The fraction of sp³-hybridized carbons (Fsp3) is 0.273. The lowest BCUT2D eigenvalue weighted by atomic mass is 10.1. The predicted molar refractivity (Wildman–Crippen MR) is 58.3 cm³/mol. The van der Waals surface area contributed by atoms with Crippen LogP contribution in [0.25, 0.3) is 0 Å². The van der Waals surface area contributed by atoms with E-state index in [4.69, 9.17) is 0 Å². The van der Waals surface area contributed by atoms with Gasteiger partial charge in [-0.3, -0.25) is 9.67 Å². The quantitative estimate of drug-likeness (QED) is 0.811. The minimum atomic E-state index is 0.111. The molecule has 0 saturated heterocycles. The van der Waals surface area contributed by atoms with Crippen LogP contribution in [0.2, 0.25) is 0 Å². The summed E-state index contributed by atoms with van der Waals surface area (Å²) in [7, 11) is 3.83. The number of hydrogen-bond donors (Lipinski definition) is 1. The predicted octanol–water partition coefficient (Wildman–Crippen LogP) is 1.12. The van der Waals surface area contributed by atoms with Crippen molar-refractivity contribution < 1.29 is 0 Å². The van der Waals surface area contributed by atoms with Crippen molar-refractivity contribution in [2.45, 2.75) is 6.04 Å². The second kappa shape index (κ2) is 4.23. The molecule has 0 fully saturated rings. The first-order chi connectivity index (χ1) is 7.31. The Morgan fingerprint density at radius 1 is 1.40 bits per heavy atom. The Kier molecular flexibility index (Phi) is 2.78. The number of aryl methyl sites for hydroxylation is 1. The summed E-state index contributed by atoms with van der Waals surface area (Å²) in [5, 5.41) is 7.39. The van der Waals surface area contributed by atoms with Gasteiger partial charge in [-0.1, -0.05) is 6.07 Å². The highest BCUT2D eigenvalue weighted by molar-refractivity contribution is 5.23. The standard InChI is InChI=1S/C11H14N4/c1-12-11(9-7-14-15(2)8-9)10-5-3-4-6-13-10/h3-8,11-12H,1-2H3. The lowest BCUT2D eigenvalue weighted by Crippen LogP contribution is -2.18. The number of nitrogens with one attached hydrogen (secondary N) is 1. The van der Waals surface area contributed by atoms with Crippen molar-refractivity contribution in [3.05, 3.63) is 48.0 Å². The highest BCUT2D eigenvalue weighted by Gasteiger charge is 2.13. The second-order valence-electron chi connectivity index (χ2n) is 3.42. The Hall–Kier alpha value is -1.68. The van der Waals surface area contributed by atoms with E-state index in [0.717, 1.165) is 11.3 Å². The van der Waals surface area contributed by atoms with E-state index in [1.54, 1.807) is 10.9 Å². The molecule has 78 valence electrons. The van der Waals surface area contributed by atoms with Gasteiger partial charge in [-0.05, 0) is 19.2 Å². The minimum absolute atomic E-state index is 0.111. The summed E-state index contributed by atoms with van der Waals surface area (Å²) in [6.07, 6.45) is 5.65. The van der Waals surface area contributed by atoms with Gasteiger partial charge >= 0.3 is 0 Å². The third-order valence-corrected chi connectivity index (χ3v) is 2.33. The van der Waals surface area contributed by atoms with Crippen LogP contribution in [-0.2, 0) is 7.05 Å². The first-order valence-electron chi connectivity index (χ1n) is 4.88. The van der Waals surface area contributed by atoms with Crippen molar-refractivity contribution in [1.29, 1.82) is 0 Å². The van der Waals surface area contributed by atoms with Crippen molar-refractivity contribution >= 4 is 0 Å². The number of pyridine rings is 1. The van der Waals surface area contributed by atoms with Crippen LogP contribution < -0.4 is 5.32 Å². The molecule has 1 unspecified atom stereocenters. The molecule has 1 N–H and O–H groups in total.